The van der Waals surface area contributed by atoms with Crippen LogP contribution in [0, 0.1) is 5.92 Å². The zero-order chi connectivity index (χ0) is 19.2. The van der Waals surface area contributed by atoms with Crippen LogP contribution < -0.4 is 10.6 Å². The second kappa shape index (κ2) is 8.68. The third kappa shape index (κ3) is 7.86. The maximum atomic E-state index is 11.9. The molecule has 1 heterocycles. The Kier molecular flexibility index (Phi) is 7.20. The van der Waals surface area contributed by atoms with Crippen molar-refractivity contribution in [1.82, 2.24) is 15.7 Å². The SMILES string of the molecule is CC(C)CC(CNC(=O)ON1C(=O)CCC1=O)NC(=O)OC(C)(C)C. The first-order valence-electron chi connectivity index (χ1n) is 8.29. The van der Waals surface area contributed by atoms with Gasteiger partial charge in [-0.2, -0.15) is 0 Å². The van der Waals surface area contributed by atoms with Crippen LogP contribution >= 0.6 is 0 Å². The van der Waals surface area contributed by atoms with E-state index in [1.54, 1.807) is 20.8 Å². The molecule has 1 aliphatic heterocycles. The number of hydroxylamine groups is 2. The van der Waals surface area contributed by atoms with Crippen LogP contribution in [0.15, 0.2) is 0 Å². The molecule has 1 rings (SSSR count). The van der Waals surface area contributed by atoms with Gasteiger partial charge in [-0.15, -0.1) is 5.06 Å². The lowest BCUT2D eigenvalue weighted by Gasteiger charge is -2.25. The lowest BCUT2D eigenvalue weighted by molar-refractivity contribution is -0.171. The summed E-state index contributed by atoms with van der Waals surface area (Å²) in [5.74, 6) is -0.837. The molecule has 1 fully saturated rings. The quantitative estimate of drug-likeness (QED) is 0.700. The van der Waals surface area contributed by atoms with Crippen molar-refractivity contribution in [2.75, 3.05) is 6.54 Å². The number of hydrogen-bond donors (Lipinski definition) is 2. The van der Waals surface area contributed by atoms with Crippen LogP contribution in [-0.4, -0.2) is 47.3 Å². The summed E-state index contributed by atoms with van der Waals surface area (Å²) in [5.41, 5.74) is -0.630. The summed E-state index contributed by atoms with van der Waals surface area (Å²) in [4.78, 5) is 51.2. The molecule has 25 heavy (non-hydrogen) atoms. The number of alkyl carbamates (subject to hydrolysis) is 1. The number of imide groups is 1. The van der Waals surface area contributed by atoms with E-state index in [2.05, 4.69) is 10.6 Å². The number of carbonyl (C=O) groups is 4. The standard InChI is InChI=1S/C16H27N3O6/c1-10(2)8-11(18-15(23)24-16(3,4)5)9-17-14(22)25-19-12(20)6-7-13(19)21/h10-11H,6-9H2,1-5H3,(H,17,22)(H,18,23). The van der Waals surface area contributed by atoms with E-state index in [-0.39, 0.29) is 31.3 Å². The molecule has 0 bridgehead atoms. The molecule has 0 aliphatic carbocycles. The molecule has 0 radical (unpaired) electrons. The molecule has 9 nitrogen and oxygen atoms in total. The smallest absolute Gasteiger partial charge is 0.432 e. The maximum Gasteiger partial charge on any atom is 0.432 e. The molecule has 142 valence electrons. The largest absolute Gasteiger partial charge is 0.444 e. The monoisotopic (exact) mass is 357 g/mol. The highest BCUT2D eigenvalue weighted by Gasteiger charge is 2.33. The van der Waals surface area contributed by atoms with Crippen molar-refractivity contribution < 1.29 is 28.8 Å². The number of rotatable bonds is 6. The Bertz CT molecular complexity index is 510. The van der Waals surface area contributed by atoms with Crippen molar-refractivity contribution in [3.63, 3.8) is 0 Å². The maximum absolute atomic E-state index is 11.9. The molecule has 0 aromatic heterocycles. The van der Waals surface area contributed by atoms with Crippen LogP contribution in [0.5, 0.6) is 0 Å². The number of hydrogen-bond acceptors (Lipinski definition) is 6. The average molecular weight is 357 g/mol. The zero-order valence-electron chi connectivity index (χ0n) is 15.4. The molecule has 0 spiro atoms. The van der Waals surface area contributed by atoms with Crippen molar-refractivity contribution >= 4 is 24.0 Å². The highest BCUT2D eigenvalue weighted by atomic mass is 16.7. The third-order valence-electron chi connectivity index (χ3n) is 3.15. The van der Waals surface area contributed by atoms with Gasteiger partial charge >= 0.3 is 12.2 Å². The van der Waals surface area contributed by atoms with E-state index in [9.17, 15) is 19.2 Å². The van der Waals surface area contributed by atoms with Crippen molar-refractivity contribution in [2.24, 2.45) is 5.92 Å². The summed E-state index contributed by atoms with van der Waals surface area (Å²) in [6.07, 6.45) is -0.854. The average Bonchev–Trinajstić information content (AvgIpc) is 2.74. The molecule has 1 atom stereocenters. The molecule has 0 aromatic rings. The van der Waals surface area contributed by atoms with Crippen molar-refractivity contribution in [3.8, 4) is 0 Å². The predicted molar refractivity (Wildman–Crippen MR) is 88.2 cm³/mol. The third-order valence-corrected chi connectivity index (χ3v) is 3.15. The van der Waals surface area contributed by atoms with Gasteiger partial charge in [0.25, 0.3) is 11.8 Å². The number of nitrogens with one attached hydrogen (secondary N) is 2. The Morgan fingerprint density at radius 2 is 1.68 bits per heavy atom. The van der Waals surface area contributed by atoms with Gasteiger partial charge in [0.15, 0.2) is 0 Å². The molecular formula is C16H27N3O6. The minimum absolute atomic E-state index is 0.0300. The van der Waals surface area contributed by atoms with Crippen LogP contribution in [0.2, 0.25) is 0 Å². The Balaban J connectivity index is 2.51. The van der Waals surface area contributed by atoms with Gasteiger partial charge in [-0.1, -0.05) is 13.8 Å². The second-order valence-corrected chi connectivity index (χ2v) is 7.31. The predicted octanol–water partition coefficient (Wildman–Crippen LogP) is 1.72. The fourth-order valence-corrected chi connectivity index (χ4v) is 2.22. The van der Waals surface area contributed by atoms with Gasteiger partial charge in [-0.3, -0.25) is 9.59 Å². The minimum Gasteiger partial charge on any atom is -0.444 e. The van der Waals surface area contributed by atoms with Gasteiger partial charge in [-0.05, 0) is 33.1 Å². The summed E-state index contributed by atoms with van der Waals surface area (Å²) in [6, 6.07) is -0.382. The molecule has 1 saturated heterocycles. The molecule has 1 unspecified atom stereocenters. The van der Waals surface area contributed by atoms with E-state index in [4.69, 9.17) is 9.57 Å². The molecule has 0 saturated carbocycles. The van der Waals surface area contributed by atoms with Gasteiger partial charge < -0.3 is 20.2 Å². The van der Waals surface area contributed by atoms with Crippen LogP contribution in [-0.2, 0) is 19.2 Å². The fraction of sp³-hybridized carbons (Fsp3) is 0.750. The number of nitrogens with zero attached hydrogens (tertiary/aromatic N) is 1. The van der Waals surface area contributed by atoms with Crippen molar-refractivity contribution in [1.29, 1.82) is 0 Å². The molecule has 0 aromatic carbocycles. The lowest BCUT2D eigenvalue weighted by atomic mass is 10.0. The van der Waals surface area contributed by atoms with Crippen molar-refractivity contribution in [3.05, 3.63) is 0 Å². The van der Waals surface area contributed by atoms with Gasteiger partial charge in [0, 0.05) is 25.4 Å². The van der Waals surface area contributed by atoms with Gasteiger partial charge in [0.2, 0.25) is 0 Å². The van der Waals surface area contributed by atoms with E-state index < -0.39 is 29.6 Å². The molecule has 4 amide bonds. The van der Waals surface area contributed by atoms with Gasteiger partial charge in [0.05, 0.1) is 0 Å². The summed E-state index contributed by atoms with van der Waals surface area (Å²) < 4.78 is 5.20. The van der Waals surface area contributed by atoms with Crippen LogP contribution in [0.4, 0.5) is 9.59 Å². The minimum atomic E-state index is -0.927. The van der Waals surface area contributed by atoms with E-state index in [1.165, 1.54) is 0 Å². The Hall–Kier alpha value is -2.32. The second-order valence-electron chi connectivity index (χ2n) is 7.31. The zero-order valence-corrected chi connectivity index (χ0v) is 15.4. The summed E-state index contributed by atoms with van der Waals surface area (Å²) in [5, 5.41) is 5.61. The Labute approximate surface area is 147 Å². The summed E-state index contributed by atoms with van der Waals surface area (Å²) >= 11 is 0. The number of amides is 4. The topological polar surface area (TPSA) is 114 Å². The van der Waals surface area contributed by atoms with Crippen LogP contribution in [0.25, 0.3) is 0 Å². The summed E-state index contributed by atoms with van der Waals surface area (Å²) in [6.45, 7) is 9.29. The molecule has 9 heteroatoms. The van der Waals surface area contributed by atoms with E-state index >= 15 is 0 Å². The van der Waals surface area contributed by atoms with E-state index in [0.29, 0.717) is 11.5 Å². The molecular weight excluding hydrogens is 330 g/mol. The first kappa shape index (κ1) is 20.7. The number of carbonyl (C=O) groups excluding carboxylic acids is 4. The first-order chi connectivity index (χ1) is 11.5. The van der Waals surface area contributed by atoms with Gasteiger partial charge in [0.1, 0.15) is 5.60 Å². The van der Waals surface area contributed by atoms with Crippen LogP contribution in [0.1, 0.15) is 53.9 Å². The van der Waals surface area contributed by atoms with Crippen molar-refractivity contribution in [2.45, 2.75) is 65.5 Å². The highest BCUT2D eigenvalue weighted by molar-refractivity contribution is 6.01. The summed E-state index contributed by atoms with van der Waals surface area (Å²) in [7, 11) is 0. The lowest BCUT2D eigenvalue weighted by Crippen LogP contribution is -2.47. The van der Waals surface area contributed by atoms with E-state index in [0.717, 1.165) is 0 Å². The number of ether oxygens (including phenoxy) is 1. The first-order valence-corrected chi connectivity index (χ1v) is 8.29. The Morgan fingerprint density at radius 3 is 2.16 bits per heavy atom. The highest BCUT2D eigenvalue weighted by Crippen LogP contribution is 2.12. The fourth-order valence-electron chi connectivity index (χ4n) is 2.22. The van der Waals surface area contributed by atoms with Crippen LogP contribution in [0.3, 0.4) is 0 Å². The van der Waals surface area contributed by atoms with Gasteiger partial charge in [-0.25, -0.2) is 9.59 Å². The Morgan fingerprint density at radius 1 is 1.12 bits per heavy atom. The van der Waals surface area contributed by atoms with E-state index in [1.807, 2.05) is 13.8 Å². The molecule has 1 aliphatic rings. The molecule has 2 N–H and O–H groups in total. The normalized spacial score (nSPS) is 16.0.